The lowest BCUT2D eigenvalue weighted by molar-refractivity contribution is -0.0498. The first-order valence-electron chi connectivity index (χ1n) is 6.30. The molecule has 1 aromatic carbocycles. The van der Waals surface area contributed by atoms with Crippen LogP contribution in [0.3, 0.4) is 0 Å². The van der Waals surface area contributed by atoms with E-state index in [1.807, 2.05) is 19.1 Å². The maximum absolute atomic E-state index is 12.1. The van der Waals surface area contributed by atoms with Crippen LogP contribution in [-0.4, -0.2) is 17.5 Å². The number of carbonyl (C=O) groups is 1. The molecule has 4 nitrogen and oxygen atoms in total. The van der Waals surface area contributed by atoms with Crippen LogP contribution in [0.15, 0.2) is 42.5 Å². The summed E-state index contributed by atoms with van der Waals surface area (Å²) in [7, 11) is 0. The van der Waals surface area contributed by atoms with Crippen molar-refractivity contribution < 1.29 is 18.3 Å². The fourth-order valence-corrected chi connectivity index (χ4v) is 1.78. The van der Waals surface area contributed by atoms with Crippen molar-refractivity contribution in [3.8, 4) is 5.75 Å². The molecule has 0 aliphatic rings. The molecule has 6 heteroatoms. The fraction of sp³-hybridized carbons (Fsp3) is 0.200. The van der Waals surface area contributed by atoms with Gasteiger partial charge in [-0.2, -0.15) is 8.78 Å². The molecule has 0 aliphatic carbocycles. The van der Waals surface area contributed by atoms with Crippen molar-refractivity contribution in [1.82, 2.24) is 10.3 Å². The van der Waals surface area contributed by atoms with Crippen molar-refractivity contribution in [1.29, 1.82) is 0 Å². The summed E-state index contributed by atoms with van der Waals surface area (Å²) in [5, 5.41) is 2.68. The van der Waals surface area contributed by atoms with E-state index in [-0.39, 0.29) is 23.8 Å². The smallest absolute Gasteiger partial charge is 0.387 e. The van der Waals surface area contributed by atoms with Gasteiger partial charge in [0.05, 0.1) is 12.2 Å². The summed E-state index contributed by atoms with van der Waals surface area (Å²) >= 11 is 0. The Kier molecular flexibility index (Phi) is 4.81. The van der Waals surface area contributed by atoms with E-state index < -0.39 is 6.61 Å². The molecule has 1 aromatic heterocycles. The van der Waals surface area contributed by atoms with Crippen LogP contribution in [0, 0.1) is 6.92 Å². The summed E-state index contributed by atoms with van der Waals surface area (Å²) < 4.78 is 28.5. The van der Waals surface area contributed by atoms with Crippen LogP contribution < -0.4 is 10.1 Å². The maximum Gasteiger partial charge on any atom is 0.387 e. The van der Waals surface area contributed by atoms with Crippen molar-refractivity contribution in [2.45, 2.75) is 20.1 Å². The van der Waals surface area contributed by atoms with Gasteiger partial charge in [0.25, 0.3) is 5.91 Å². The first-order valence-corrected chi connectivity index (χ1v) is 6.30. The van der Waals surface area contributed by atoms with E-state index in [9.17, 15) is 13.6 Å². The lowest BCUT2D eigenvalue weighted by Crippen LogP contribution is -2.23. The van der Waals surface area contributed by atoms with Gasteiger partial charge < -0.3 is 10.1 Å². The molecule has 0 fully saturated rings. The van der Waals surface area contributed by atoms with Crippen molar-refractivity contribution in [3.63, 3.8) is 0 Å². The number of alkyl halides is 2. The molecular weight excluding hydrogens is 278 g/mol. The first-order chi connectivity index (χ1) is 10.0. The number of aromatic nitrogens is 1. The average molecular weight is 292 g/mol. The molecule has 0 aliphatic heterocycles. The number of halogens is 2. The molecule has 1 amide bonds. The van der Waals surface area contributed by atoms with E-state index in [1.54, 1.807) is 6.07 Å². The van der Waals surface area contributed by atoms with E-state index in [1.165, 1.54) is 24.3 Å². The minimum absolute atomic E-state index is 0.0497. The standard InChI is InChI=1S/C15H14F2N2O2/c1-10-4-2-6-12(19-10)9-18-14(20)11-5-3-7-13(8-11)21-15(16)17/h2-8,15H,9H2,1H3,(H,18,20). The predicted molar refractivity (Wildman–Crippen MR) is 73.2 cm³/mol. The number of hydrogen-bond donors (Lipinski definition) is 1. The zero-order valence-electron chi connectivity index (χ0n) is 11.3. The second-order valence-corrected chi connectivity index (χ2v) is 4.36. The highest BCUT2D eigenvalue weighted by molar-refractivity contribution is 5.94. The Bertz CT molecular complexity index is 633. The van der Waals surface area contributed by atoms with Gasteiger partial charge >= 0.3 is 6.61 Å². The summed E-state index contributed by atoms with van der Waals surface area (Å²) in [6.45, 7) is -0.795. The second kappa shape index (κ2) is 6.78. The summed E-state index contributed by atoms with van der Waals surface area (Å²) in [5.74, 6) is -0.427. The Balaban J connectivity index is 2.00. The molecule has 0 unspecified atom stereocenters. The van der Waals surface area contributed by atoms with Crippen molar-refractivity contribution in [2.24, 2.45) is 0 Å². The minimum Gasteiger partial charge on any atom is -0.435 e. The Morgan fingerprint density at radius 1 is 1.29 bits per heavy atom. The summed E-state index contributed by atoms with van der Waals surface area (Å²) in [6.07, 6.45) is 0. The second-order valence-electron chi connectivity index (χ2n) is 4.36. The molecule has 2 rings (SSSR count). The molecule has 1 heterocycles. The van der Waals surface area contributed by atoms with Gasteiger partial charge in [0.2, 0.25) is 0 Å². The Hall–Kier alpha value is -2.50. The minimum atomic E-state index is -2.92. The molecule has 0 radical (unpaired) electrons. The number of pyridine rings is 1. The molecule has 2 aromatic rings. The molecule has 0 saturated carbocycles. The number of rotatable bonds is 5. The van der Waals surface area contributed by atoms with Gasteiger partial charge in [-0.05, 0) is 37.3 Å². The van der Waals surface area contributed by atoms with Crippen LogP contribution in [-0.2, 0) is 6.54 Å². The van der Waals surface area contributed by atoms with E-state index in [0.717, 1.165) is 11.4 Å². The van der Waals surface area contributed by atoms with Gasteiger partial charge in [-0.15, -0.1) is 0 Å². The zero-order chi connectivity index (χ0) is 15.2. The summed E-state index contributed by atoms with van der Waals surface area (Å²) in [5.41, 5.74) is 1.83. The van der Waals surface area contributed by atoms with Crippen LogP contribution in [0.5, 0.6) is 5.75 Å². The number of benzene rings is 1. The third-order valence-electron chi connectivity index (χ3n) is 2.70. The molecule has 0 saturated heterocycles. The van der Waals surface area contributed by atoms with Crippen LogP contribution in [0.1, 0.15) is 21.7 Å². The summed E-state index contributed by atoms with van der Waals surface area (Å²) in [4.78, 5) is 16.2. The highest BCUT2D eigenvalue weighted by atomic mass is 19.3. The van der Waals surface area contributed by atoms with Crippen LogP contribution in [0.4, 0.5) is 8.78 Å². The van der Waals surface area contributed by atoms with Crippen LogP contribution >= 0.6 is 0 Å². The third-order valence-corrected chi connectivity index (χ3v) is 2.70. The molecule has 1 N–H and O–H groups in total. The highest BCUT2D eigenvalue weighted by Crippen LogP contribution is 2.15. The Morgan fingerprint density at radius 3 is 2.76 bits per heavy atom. The lowest BCUT2D eigenvalue weighted by Gasteiger charge is -2.08. The van der Waals surface area contributed by atoms with Gasteiger partial charge in [0, 0.05) is 11.3 Å². The monoisotopic (exact) mass is 292 g/mol. The number of carbonyl (C=O) groups excluding carboxylic acids is 1. The van der Waals surface area contributed by atoms with E-state index >= 15 is 0 Å². The summed E-state index contributed by atoms with van der Waals surface area (Å²) in [6, 6.07) is 11.1. The van der Waals surface area contributed by atoms with Gasteiger partial charge in [-0.3, -0.25) is 9.78 Å². The van der Waals surface area contributed by atoms with Gasteiger partial charge in [0.1, 0.15) is 5.75 Å². The number of aryl methyl sites for hydroxylation is 1. The van der Waals surface area contributed by atoms with Crippen molar-refractivity contribution in [3.05, 3.63) is 59.4 Å². The first kappa shape index (κ1) is 14.9. The van der Waals surface area contributed by atoms with Crippen LogP contribution in [0.25, 0.3) is 0 Å². The molecule has 0 bridgehead atoms. The van der Waals surface area contributed by atoms with Crippen molar-refractivity contribution in [2.75, 3.05) is 0 Å². The van der Waals surface area contributed by atoms with Gasteiger partial charge in [0.15, 0.2) is 0 Å². The van der Waals surface area contributed by atoms with Gasteiger partial charge in [-0.25, -0.2) is 0 Å². The Labute approximate surface area is 120 Å². The fourth-order valence-electron chi connectivity index (χ4n) is 1.78. The number of amides is 1. The van der Waals surface area contributed by atoms with E-state index in [2.05, 4.69) is 15.0 Å². The number of ether oxygens (including phenoxy) is 1. The van der Waals surface area contributed by atoms with E-state index in [4.69, 9.17) is 0 Å². The quantitative estimate of drug-likeness (QED) is 0.922. The topological polar surface area (TPSA) is 51.2 Å². The van der Waals surface area contributed by atoms with Gasteiger partial charge in [-0.1, -0.05) is 12.1 Å². The molecular formula is C15H14F2N2O2. The molecule has 110 valence electrons. The lowest BCUT2D eigenvalue weighted by atomic mass is 10.2. The Morgan fingerprint density at radius 2 is 2.05 bits per heavy atom. The normalized spacial score (nSPS) is 10.5. The highest BCUT2D eigenvalue weighted by Gasteiger charge is 2.09. The molecule has 21 heavy (non-hydrogen) atoms. The average Bonchev–Trinajstić information content (AvgIpc) is 2.44. The number of nitrogens with zero attached hydrogens (tertiary/aromatic N) is 1. The number of nitrogens with one attached hydrogen (secondary N) is 1. The number of hydrogen-bond acceptors (Lipinski definition) is 3. The van der Waals surface area contributed by atoms with E-state index in [0.29, 0.717) is 0 Å². The van der Waals surface area contributed by atoms with Crippen LogP contribution in [0.2, 0.25) is 0 Å². The molecule has 0 spiro atoms. The maximum atomic E-state index is 12.1. The predicted octanol–water partition coefficient (Wildman–Crippen LogP) is 2.92. The third kappa shape index (κ3) is 4.52. The van der Waals surface area contributed by atoms with Crippen molar-refractivity contribution >= 4 is 5.91 Å². The molecule has 0 atom stereocenters. The zero-order valence-corrected chi connectivity index (χ0v) is 11.3. The SMILES string of the molecule is Cc1cccc(CNC(=O)c2cccc(OC(F)F)c2)n1. The largest absolute Gasteiger partial charge is 0.435 e.